The van der Waals surface area contributed by atoms with Crippen molar-refractivity contribution in [2.45, 2.75) is 6.04 Å². The van der Waals surface area contributed by atoms with Crippen LogP contribution in [0.25, 0.3) is 0 Å². The van der Waals surface area contributed by atoms with Crippen molar-refractivity contribution in [1.82, 2.24) is 0 Å². The van der Waals surface area contributed by atoms with Gasteiger partial charge in [-0.25, -0.2) is 4.39 Å². The molecule has 0 saturated carbocycles. The quantitative estimate of drug-likeness (QED) is 0.907. The first-order valence-corrected chi connectivity index (χ1v) is 7.11. The largest absolute Gasteiger partial charge is 0.369 e. The Balaban J connectivity index is 2.05. The number of aliphatic imine (C=N–C) groups is 1. The Morgan fingerprint density at radius 3 is 2.48 bits per heavy atom. The summed E-state index contributed by atoms with van der Waals surface area (Å²) in [7, 11) is 0. The summed E-state index contributed by atoms with van der Waals surface area (Å²) in [5.74, 6) is -0.0723. The molecule has 0 saturated heterocycles. The van der Waals surface area contributed by atoms with Crippen LogP contribution in [0.2, 0.25) is 10.0 Å². The molecule has 0 aromatic heterocycles. The Bertz CT molecular complexity index is 698. The number of para-hydroxylation sites is 1. The third-order valence-corrected chi connectivity index (χ3v) is 3.80. The van der Waals surface area contributed by atoms with Crippen molar-refractivity contribution in [2.24, 2.45) is 10.7 Å². The minimum atomic E-state index is -0.351. The summed E-state index contributed by atoms with van der Waals surface area (Å²) in [6.45, 7) is 0.427. The van der Waals surface area contributed by atoms with Crippen LogP contribution < -0.4 is 10.6 Å². The first-order valence-electron chi connectivity index (χ1n) is 6.36. The molecule has 0 amide bonds. The van der Waals surface area contributed by atoms with Gasteiger partial charge in [-0.1, -0.05) is 35.3 Å². The smallest absolute Gasteiger partial charge is 0.196 e. The highest BCUT2D eigenvalue weighted by Gasteiger charge is 2.30. The van der Waals surface area contributed by atoms with E-state index < -0.39 is 0 Å². The van der Waals surface area contributed by atoms with E-state index in [9.17, 15) is 4.39 Å². The fourth-order valence-corrected chi connectivity index (χ4v) is 3.00. The van der Waals surface area contributed by atoms with E-state index in [1.165, 1.54) is 6.07 Å². The highest BCUT2D eigenvalue weighted by atomic mass is 35.5. The minimum absolute atomic E-state index is 0.224. The average molecular weight is 324 g/mol. The summed E-state index contributed by atoms with van der Waals surface area (Å²) in [5, 5.41) is 1.05. The Morgan fingerprint density at radius 1 is 1.14 bits per heavy atom. The van der Waals surface area contributed by atoms with E-state index in [1.54, 1.807) is 41.3 Å². The molecule has 21 heavy (non-hydrogen) atoms. The number of benzene rings is 2. The van der Waals surface area contributed by atoms with Crippen LogP contribution in [-0.4, -0.2) is 12.5 Å². The van der Waals surface area contributed by atoms with Crippen molar-refractivity contribution in [2.75, 3.05) is 11.4 Å². The zero-order valence-electron chi connectivity index (χ0n) is 10.9. The second kappa shape index (κ2) is 5.54. The molecular weight excluding hydrogens is 312 g/mol. The maximum absolute atomic E-state index is 14.1. The van der Waals surface area contributed by atoms with Gasteiger partial charge in [-0.2, -0.15) is 0 Å². The Hall–Kier alpha value is -1.78. The molecule has 0 bridgehead atoms. The van der Waals surface area contributed by atoms with Gasteiger partial charge in [0.15, 0.2) is 5.96 Å². The van der Waals surface area contributed by atoms with Crippen LogP contribution in [-0.2, 0) is 0 Å². The highest BCUT2D eigenvalue weighted by molar-refractivity contribution is 6.34. The lowest BCUT2D eigenvalue weighted by Crippen LogP contribution is -2.36. The molecule has 1 aliphatic rings. The van der Waals surface area contributed by atoms with Gasteiger partial charge in [0.2, 0.25) is 0 Å². The standard InChI is InChI=1S/C15H12Cl2FN3/c16-10-5-9(6-11(17)7-10)14-8-20-15(19)21(14)13-4-2-1-3-12(13)18/h1-7,14H,8H2,(H2,19,20). The van der Waals surface area contributed by atoms with Gasteiger partial charge < -0.3 is 10.6 Å². The van der Waals surface area contributed by atoms with Gasteiger partial charge in [0.25, 0.3) is 0 Å². The van der Waals surface area contributed by atoms with E-state index in [0.29, 0.717) is 22.3 Å². The molecule has 3 rings (SSSR count). The maximum Gasteiger partial charge on any atom is 0.196 e. The van der Waals surface area contributed by atoms with Gasteiger partial charge in [-0.3, -0.25) is 4.99 Å². The van der Waals surface area contributed by atoms with Crippen LogP contribution in [0.4, 0.5) is 10.1 Å². The summed E-state index contributed by atoms with van der Waals surface area (Å²) in [4.78, 5) is 5.88. The van der Waals surface area contributed by atoms with Crippen molar-refractivity contribution in [1.29, 1.82) is 0 Å². The van der Waals surface area contributed by atoms with Crippen molar-refractivity contribution < 1.29 is 4.39 Å². The number of nitrogens with zero attached hydrogens (tertiary/aromatic N) is 2. The molecule has 6 heteroatoms. The summed E-state index contributed by atoms with van der Waals surface area (Å²) >= 11 is 12.1. The lowest BCUT2D eigenvalue weighted by molar-refractivity contribution is 0.619. The lowest BCUT2D eigenvalue weighted by atomic mass is 10.1. The topological polar surface area (TPSA) is 41.6 Å². The molecule has 1 aliphatic heterocycles. The minimum Gasteiger partial charge on any atom is -0.369 e. The Labute approximate surface area is 131 Å². The van der Waals surface area contributed by atoms with Gasteiger partial charge >= 0.3 is 0 Å². The predicted octanol–water partition coefficient (Wildman–Crippen LogP) is 4.01. The van der Waals surface area contributed by atoms with E-state index in [2.05, 4.69) is 4.99 Å². The third-order valence-electron chi connectivity index (χ3n) is 3.37. The fraction of sp³-hybridized carbons (Fsp3) is 0.133. The molecule has 0 spiro atoms. The summed E-state index contributed by atoms with van der Waals surface area (Å²) in [5.41, 5.74) is 7.16. The molecular formula is C15H12Cl2FN3. The van der Waals surface area contributed by atoms with Crippen molar-refractivity contribution >= 4 is 34.8 Å². The molecule has 108 valence electrons. The van der Waals surface area contributed by atoms with Crippen LogP contribution in [0.15, 0.2) is 47.5 Å². The lowest BCUT2D eigenvalue weighted by Gasteiger charge is -2.27. The summed E-state index contributed by atoms with van der Waals surface area (Å²) in [6.07, 6.45) is 0. The molecule has 1 atom stereocenters. The molecule has 0 fully saturated rings. The SMILES string of the molecule is NC1=NCC(c2cc(Cl)cc(Cl)c2)N1c1ccccc1F. The normalized spacial score (nSPS) is 18.0. The number of hydrogen-bond acceptors (Lipinski definition) is 3. The van der Waals surface area contributed by atoms with Gasteiger partial charge in [0.05, 0.1) is 18.3 Å². The predicted molar refractivity (Wildman–Crippen MR) is 84.6 cm³/mol. The number of halogens is 3. The number of guanidine groups is 1. The average Bonchev–Trinajstić information content (AvgIpc) is 2.80. The Kier molecular flexibility index (Phi) is 3.74. The molecule has 1 unspecified atom stereocenters. The van der Waals surface area contributed by atoms with Crippen LogP contribution in [0.3, 0.4) is 0 Å². The maximum atomic E-state index is 14.1. The third kappa shape index (κ3) is 2.69. The molecule has 1 heterocycles. The molecule has 2 N–H and O–H groups in total. The molecule has 0 aliphatic carbocycles. The van der Waals surface area contributed by atoms with E-state index in [1.807, 2.05) is 0 Å². The molecule has 3 nitrogen and oxygen atoms in total. The fourth-order valence-electron chi connectivity index (χ4n) is 2.46. The van der Waals surface area contributed by atoms with Crippen molar-refractivity contribution in [3.05, 3.63) is 63.9 Å². The van der Waals surface area contributed by atoms with E-state index >= 15 is 0 Å². The number of nitrogens with two attached hydrogens (primary N) is 1. The van der Waals surface area contributed by atoms with Gasteiger partial charge in [-0.15, -0.1) is 0 Å². The van der Waals surface area contributed by atoms with Crippen LogP contribution in [0.1, 0.15) is 11.6 Å². The van der Waals surface area contributed by atoms with Crippen molar-refractivity contribution in [3.63, 3.8) is 0 Å². The number of rotatable bonds is 2. The second-order valence-corrected chi connectivity index (χ2v) is 5.61. The first kappa shape index (κ1) is 14.2. The van der Waals surface area contributed by atoms with Crippen molar-refractivity contribution in [3.8, 4) is 0 Å². The monoisotopic (exact) mass is 323 g/mol. The summed E-state index contributed by atoms with van der Waals surface area (Å²) in [6, 6.07) is 11.5. The second-order valence-electron chi connectivity index (χ2n) is 4.74. The molecule has 0 radical (unpaired) electrons. The number of hydrogen-bond donors (Lipinski definition) is 1. The Morgan fingerprint density at radius 2 is 1.81 bits per heavy atom. The summed E-state index contributed by atoms with van der Waals surface area (Å²) < 4.78 is 14.1. The first-order chi connectivity index (χ1) is 10.1. The van der Waals surface area contributed by atoms with E-state index in [0.717, 1.165) is 5.56 Å². The van der Waals surface area contributed by atoms with Crippen LogP contribution in [0, 0.1) is 5.82 Å². The number of anilines is 1. The zero-order chi connectivity index (χ0) is 15.0. The van der Waals surface area contributed by atoms with Gasteiger partial charge in [-0.05, 0) is 35.9 Å². The van der Waals surface area contributed by atoms with E-state index in [4.69, 9.17) is 28.9 Å². The molecule has 2 aromatic rings. The van der Waals surface area contributed by atoms with Crippen LogP contribution >= 0.6 is 23.2 Å². The highest BCUT2D eigenvalue weighted by Crippen LogP contribution is 2.34. The van der Waals surface area contributed by atoms with Gasteiger partial charge in [0.1, 0.15) is 5.82 Å². The molecule has 2 aromatic carbocycles. The van der Waals surface area contributed by atoms with Gasteiger partial charge in [0, 0.05) is 10.0 Å². The zero-order valence-corrected chi connectivity index (χ0v) is 12.4. The van der Waals surface area contributed by atoms with E-state index in [-0.39, 0.29) is 17.8 Å². The van der Waals surface area contributed by atoms with Crippen LogP contribution in [0.5, 0.6) is 0 Å².